The molecule has 0 atom stereocenters. The lowest BCUT2D eigenvalue weighted by atomic mass is 9.62. The quantitative estimate of drug-likeness (QED) is 0.570. The van der Waals surface area contributed by atoms with Gasteiger partial charge in [-0.25, -0.2) is 4.79 Å². The summed E-state index contributed by atoms with van der Waals surface area (Å²) >= 11 is 0. The number of carbonyl (C=O) groups is 1. The number of cyclic esters (lactones) is 1. The molecule has 1 amide bonds. The maximum atomic E-state index is 12.7. The van der Waals surface area contributed by atoms with E-state index < -0.39 is 5.60 Å². The Morgan fingerprint density at radius 2 is 1.66 bits per heavy atom. The molecule has 5 heteroatoms. The van der Waals surface area contributed by atoms with Crippen LogP contribution in [0, 0.1) is 11.8 Å². The van der Waals surface area contributed by atoms with E-state index in [1.807, 2.05) is 12.1 Å². The van der Waals surface area contributed by atoms with Crippen molar-refractivity contribution in [3.63, 3.8) is 0 Å². The van der Waals surface area contributed by atoms with Crippen LogP contribution in [0.1, 0.15) is 82.6 Å². The van der Waals surface area contributed by atoms with E-state index in [2.05, 4.69) is 11.4 Å². The summed E-state index contributed by atoms with van der Waals surface area (Å²) in [5.41, 5.74) is 1.49. The van der Waals surface area contributed by atoms with E-state index >= 15 is 0 Å². The lowest BCUT2D eigenvalue weighted by molar-refractivity contribution is -0.104. The first-order valence-electron chi connectivity index (χ1n) is 11.6. The number of fused-ring (bicyclic) bond motifs is 1. The minimum Gasteiger partial charge on any atom is -0.494 e. The van der Waals surface area contributed by atoms with E-state index in [0.29, 0.717) is 18.4 Å². The summed E-state index contributed by atoms with van der Waals surface area (Å²) in [5, 5.41) is 11.9. The van der Waals surface area contributed by atoms with Gasteiger partial charge in [0, 0.05) is 24.0 Å². The summed E-state index contributed by atoms with van der Waals surface area (Å²) in [6, 6.07) is 6.05. The average Bonchev–Trinajstić information content (AvgIpc) is 2.77. The number of unbranched alkanes of at least 4 members (excludes halogenated alkanes) is 1. The number of ether oxygens (including phenoxy) is 2. The minimum atomic E-state index is -0.525. The van der Waals surface area contributed by atoms with Gasteiger partial charge < -0.3 is 14.6 Å². The van der Waals surface area contributed by atoms with Gasteiger partial charge in [0.25, 0.3) is 0 Å². The fourth-order valence-corrected chi connectivity index (χ4v) is 5.80. The van der Waals surface area contributed by atoms with Crippen molar-refractivity contribution in [2.75, 3.05) is 18.5 Å². The molecule has 0 saturated heterocycles. The molecule has 2 N–H and O–H groups in total. The Balaban J connectivity index is 1.71. The molecule has 0 spiro atoms. The smallest absolute Gasteiger partial charge is 0.412 e. The van der Waals surface area contributed by atoms with Crippen molar-refractivity contribution >= 4 is 11.8 Å². The van der Waals surface area contributed by atoms with Crippen molar-refractivity contribution in [3.8, 4) is 5.75 Å². The number of aliphatic hydroxyl groups is 1. The Labute approximate surface area is 174 Å². The third-order valence-electron chi connectivity index (χ3n) is 7.15. The molecule has 0 bridgehead atoms. The topological polar surface area (TPSA) is 67.8 Å². The normalized spacial score (nSPS) is 22.4. The number of hydrogen-bond acceptors (Lipinski definition) is 4. The lowest BCUT2D eigenvalue weighted by Gasteiger charge is -2.50. The predicted octanol–water partition coefficient (Wildman–Crippen LogP) is 5.76. The number of hydrogen-bond donors (Lipinski definition) is 2. The molecule has 4 rings (SSSR count). The molecule has 0 unspecified atom stereocenters. The van der Waals surface area contributed by atoms with Gasteiger partial charge in [0.05, 0.1) is 12.3 Å². The molecule has 160 valence electrons. The fourth-order valence-electron chi connectivity index (χ4n) is 5.80. The largest absolute Gasteiger partial charge is 0.494 e. The summed E-state index contributed by atoms with van der Waals surface area (Å²) in [6.45, 7) is 0.784. The highest BCUT2D eigenvalue weighted by Gasteiger charge is 2.53. The Kier molecular flexibility index (Phi) is 6.63. The highest BCUT2D eigenvalue weighted by molar-refractivity contribution is 5.89. The average molecular weight is 402 g/mol. The highest BCUT2D eigenvalue weighted by Crippen LogP contribution is 2.55. The van der Waals surface area contributed by atoms with Crippen molar-refractivity contribution < 1.29 is 19.4 Å². The van der Waals surface area contributed by atoms with E-state index in [1.165, 1.54) is 38.5 Å². The summed E-state index contributed by atoms with van der Waals surface area (Å²) in [6.07, 6.45) is 13.2. The van der Waals surface area contributed by atoms with Crippen LogP contribution in [0.2, 0.25) is 0 Å². The Morgan fingerprint density at radius 3 is 2.28 bits per heavy atom. The highest BCUT2D eigenvalue weighted by atomic mass is 16.6. The van der Waals surface area contributed by atoms with Crippen LogP contribution in [0.25, 0.3) is 0 Å². The standard InChI is InChI=1S/C24H35NO4/c26-15-7-8-16-28-20-13-14-22-21(17-20)24(29-23(27)25-22,18-9-3-1-4-10-18)19-11-5-2-6-12-19/h13-14,17-19,26H,1-12,15-16H2,(H,25,27). The van der Waals surface area contributed by atoms with Gasteiger partial charge in [-0.05, 0) is 56.7 Å². The number of benzene rings is 1. The van der Waals surface area contributed by atoms with Gasteiger partial charge in [0.15, 0.2) is 0 Å². The zero-order valence-electron chi connectivity index (χ0n) is 17.5. The molecule has 1 heterocycles. The maximum absolute atomic E-state index is 12.7. The van der Waals surface area contributed by atoms with E-state index in [0.717, 1.165) is 55.5 Å². The number of carbonyl (C=O) groups excluding carboxylic acids is 1. The van der Waals surface area contributed by atoms with Crippen LogP contribution < -0.4 is 10.1 Å². The van der Waals surface area contributed by atoms with Gasteiger partial charge in [-0.1, -0.05) is 38.5 Å². The van der Waals surface area contributed by atoms with Crippen molar-refractivity contribution in [1.82, 2.24) is 0 Å². The first-order chi connectivity index (χ1) is 14.2. The Bertz CT molecular complexity index is 674. The summed E-state index contributed by atoms with van der Waals surface area (Å²) < 4.78 is 12.3. The first kappa shape index (κ1) is 20.5. The lowest BCUT2D eigenvalue weighted by Crippen LogP contribution is -2.51. The van der Waals surface area contributed by atoms with Gasteiger partial charge in [-0.15, -0.1) is 0 Å². The second kappa shape index (κ2) is 9.38. The van der Waals surface area contributed by atoms with E-state index in [-0.39, 0.29) is 12.7 Å². The van der Waals surface area contributed by atoms with Crippen LogP contribution >= 0.6 is 0 Å². The van der Waals surface area contributed by atoms with Gasteiger partial charge in [-0.3, -0.25) is 5.32 Å². The van der Waals surface area contributed by atoms with Crippen molar-refractivity contribution in [2.45, 2.75) is 82.7 Å². The molecule has 0 aromatic heterocycles. The van der Waals surface area contributed by atoms with Crippen LogP contribution in [0.5, 0.6) is 5.75 Å². The minimum absolute atomic E-state index is 0.194. The third-order valence-corrected chi connectivity index (χ3v) is 7.15. The molecule has 3 aliphatic rings. The van der Waals surface area contributed by atoms with Crippen LogP contribution in [-0.2, 0) is 10.3 Å². The van der Waals surface area contributed by atoms with Crippen molar-refractivity contribution in [3.05, 3.63) is 23.8 Å². The molecule has 29 heavy (non-hydrogen) atoms. The van der Waals surface area contributed by atoms with E-state index in [9.17, 15) is 4.79 Å². The molecule has 1 aromatic rings. The molecule has 1 aliphatic heterocycles. The molecule has 2 saturated carbocycles. The monoisotopic (exact) mass is 401 g/mol. The second-order valence-electron chi connectivity index (χ2n) is 8.96. The molecule has 2 aliphatic carbocycles. The zero-order valence-corrected chi connectivity index (χ0v) is 17.5. The van der Waals surface area contributed by atoms with E-state index in [1.54, 1.807) is 0 Å². The zero-order chi connectivity index (χ0) is 20.1. The van der Waals surface area contributed by atoms with Gasteiger partial charge in [-0.2, -0.15) is 0 Å². The van der Waals surface area contributed by atoms with Crippen molar-refractivity contribution in [2.24, 2.45) is 11.8 Å². The van der Waals surface area contributed by atoms with Gasteiger partial charge >= 0.3 is 6.09 Å². The molecule has 2 fully saturated rings. The van der Waals surface area contributed by atoms with Crippen molar-refractivity contribution in [1.29, 1.82) is 0 Å². The number of nitrogens with one attached hydrogen (secondary N) is 1. The molecular weight excluding hydrogens is 366 g/mol. The molecule has 5 nitrogen and oxygen atoms in total. The number of aliphatic hydroxyl groups excluding tert-OH is 1. The maximum Gasteiger partial charge on any atom is 0.412 e. The SMILES string of the molecule is O=C1Nc2ccc(OCCCCO)cc2C(C2CCCCC2)(C2CCCCC2)O1. The second-order valence-corrected chi connectivity index (χ2v) is 8.96. The fraction of sp³-hybridized carbons (Fsp3) is 0.708. The van der Waals surface area contributed by atoms with Crippen LogP contribution in [0.4, 0.5) is 10.5 Å². The van der Waals surface area contributed by atoms with Crippen LogP contribution in [-0.4, -0.2) is 24.4 Å². The first-order valence-corrected chi connectivity index (χ1v) is 11.6. The molecule has 0 radical (unpaired) electrons. The summed E-state index contributed by atoms with van der Waals surface area (Å²) in [5.74, 6) is 1.60. The number of rotatable bonds is 7. The number of amides is 1. The predicted molar refractivity (Wildman–Crippen MR) is 113 cm³/mol. The molecule has 1 aromatic carbocycles. The summed E-state index contributed by atoms with van der Waals surface area (Å²) in [4.78, 5) is 12.7. The number of anilines is 1. The Hall–Kier alpha value is -1.75. The molecular formula is C24H35NO4. The third kappa shape index (κ3) is 4.25. The van der Waals surface area contributed by atoms with Gasteiger partial charge in [0.1, 0.15) is 11.4 Å². The summed E-state index contributed by atoms with van der Waals surface area (Å²) in [7, 11) is 0. The van der Waals surface area contributed by atoms with Gasteiger partial charge in [0.2, 0.25) is 0 Å². The van der Waals surface area contributed by atoms with E-state index in [4.69, 9.17) is 14.6 Å². The Morgan fingerprint density at radius 1 is 1.00 bits per heavy atom. The van der Waals surface area contributed by atoms with Crippen LogP contribution in [0.3, 0.4) is 0 Å². The van der Waals surface area contributed by atoms with Crippen LogP contribution in [0.15, 0.2) is 18.2 Å².